The molecule has 0 N–H and O–H groups in total. The summed E-state index contributed by atoms with van der Waals surface area (Å²) in [4.78, 5) is 31.1. The summed E-state index contributed by atoms with van der Waals surface area (Å²) in [6.07, 6.45) is 1.37. The maximum absolute atomic E-state index is 12.8. The SMILES string of the molecule is Cc1ccc(CN2CC(C(=O)N3CCCN(C)CC3)CC2=O)cc1. The number of amides is 2. The predicted molar refractivity (Wildman–Crippen MR) is 93.4 cm³/mol. The molecule has 1 aromatic carbocycles. The number of hydrogen-bond donors (Lipinski definition) is 0. The number of benzene rings is 1. The van der Waals surface area contributed by atoms with E-state index in [1.165, 1.54) is 5.56 Å². The molecule has 3 rings (SSSR count). The van der Waals surface area contributed by atoms with Crippen LogP contribution in [0.5, 0.6) is 0 Å². The minimum atomic E-state index is -0.175. The second-order valence-electron chi connectivity index (χ2n) is 7.14. The quantitative estimate of drug-likeness (QED) is 0.844. The Morgan fingerprint density at radius 3 is 2.62 bits per heavy atom. The van der Waals surface area contributed by atoms with Crippen LogP contribution in [-0.4, -0.2) is 66.3 Å². The number of carbonyl (C=O) groups excluding carboxylic acids is 2. The van der Waals surface area contributed by atoms with Gasteiger partial charge < -0.3 is 14.7 Å². The molecule has 5 nitrogen and oxygen atoms in total. The Bertz CT molecular complexity index is 599. The van der Waals surface area contributed by atoms with Gasteiger partial charge in [-0.3, -0.25) is 9.59 Å². The van der Waals surface area contributed by atoms with Gasteiger partial charge in [-0.25, -0.2) is 0 Å². The highest BCUT2D eigenvalue weighted by molar-refractivity contribution is 5.89. The first kappa shape index (κ1) is 17.0. The molecule has 2 fully saturated rings. The smallest absolute Gasteiger partial charge is 0.228 e. The fraction of sp³-hybridized carbons (Fsp3) is 0.579. The van der Waals surface area contributed by atoms with Crippen molar-refractivity contribution in [2.45, 2.75) is 26.3 Å². The molecule has 2 aliphatic rings. The van der Waals surface area contributed by atoms with Gasteiger partial charge in [0.15, 0.2) is 0 Å². The third-order valence-corrected chi connectivity index (χ3v) is 5.09. The standard InChI is InChI=1S/C19H27N3O2/c1-15-4-6-16(7-5-15)13-22-14-17(12-18(22)23)19(24)21-9-3-8-20(2)10-11-21/h4-7,17H,3,8-14H2,1-2H3. The number of rotatable bonds is 3. The molecule has 130 valence electrons. The molecule has 1 atom stereocenters. The van der Waals surface area contributed by atoms with Gasteiger partial charge in [0.2, 0.25) is 11.8 Å². The number of aryl methyl sites for hydroxylation is 1. The number of carbonyl (C=O) groups is 2. The van der Waals surface area contributed by atoms with Crippen molar-refractivity contribution in [3.8, 4) is 0 Å². The van der Waals surface area contributed by atoms with Crippen molar-refractivity contribution in [1.29, 1.82) is 0 Å². The maximum atomic E-state index is 12.8. The first-order chi connectivity index (χ1) is 11.5. The number of nitrogens with zero attached hydrogens (tertiary/aromatic N) is 3. The largest absolute Gasteiger partial charge is 0.341 e. The van der Waals surface area contributed by atoms with E-state index >= 15 is 0 Å². The molecular formula is C19H27N3O2. The van der Waals surface area contributed by atoms with Crippen molar-refractivity contribution in [3.63, 3.8) is 0 Å². The number of hydrogen-bond acceptors (Lipinski definition) is 3. The van der Waals surface area contributed by atoms with E-state index in [0.717, 1.165) is 38.2 Å². The van der Waals surface area contributed by atoms with Crippen molar-refractivity contribution in [2.24, 2.45) is 5.92 Å². The van der Waals surface area contributed by atoms with E-state index in [-0.39, 0.29) is 17.7 Å². The second kappa shape index (κ2) is 7.34. The van der Waals surface area contributed by atoms with Crippen molar-refractivity contribution in [2.75, 3.05) is 39.8 Å². The molecule has 24 heavy (non-hydrogen) atoms. The summed E-state index contributed by atoms with van der Waals surface area (Å²) < 4.78 is 0. The molecule has 0 spiro atoms. The van der Waals surface area contributed by atoms with Gasteiger partial charge in [-0.1, -0.05) is 29.8 Å². The van der Waals surface area contributed by atoms with Gasteiger partial charge in [0, 0.05) is 39.1 Å². The van der Waals surface area contributed by atoms with E-state index in [1.807, 2.05) is 9.80 Å². The molecule has 2 heterocycles. The summed E-state index contributed by atoms with van der Waals surface area (Å²) in [6.45, 7) is 6.75. The Morgan fingerprint density at radius 2 is 1.88 bits per heavy atom. The Hall–Kier alpha value is -1.88. The normalized spacial score (nSPS) is 22.8. The third kappa shape index (κ3) is 3.96. The molecule has 0 aromatic heterocycles. The van der Waals surface area contributed by atoms with E-state index in [2.05, 4.69) is 43.1 Å². The lowest BCUT2D eigenvalue weighted by Crippen LogP contribution is -2.39. The lowest BCUT2D eigenvalue weighted by molar-refractivity contribution is -0.135. The van der Waals surface area contributed by atoms with Crippen LogP contribution in [-0.2, 0) is 16.1 Å². The predicted octanol–water partition coefficient (Wildman–Crippen LogP) is 1.51. The van der Waals surface area contributed by atoms with Crippen LogP contribution in [0.1, 0.15) is 24.0 Å². The highest BCUT2D eigenvalue weighted by Crippen LogP contribution is 2.23. The molecule has 0 bridgehead atoms. The minimum Gasteiger partial charge on any atom is -0.341 e. The first-order valence-corrected chi connectivity index (χ1v) is 8.83. The zero-order valence-corrected chi connectivity index (χ0v) is 14.7. The van der Waals surface area contributed by atoms with E-state index in [1.54, 1.807) is 0 Å². The second-order valence-corrected chi connectivity index (χ2v) is 7.14. The average molecular weight is 329 g/mol. The Labute approximate surface area is 144 Å². The highest BCUT2D eigenvalue weighted by Gasteiger charge is 2.36. The molecule has 1 aromatic rings. The van der Waals surface area contributed by atoms with Crippen LogP contribution in [0, 0.1) is 12.8 Å². The Balaban J connectivity index is 1.59. The molecule has 2 amide bonds. The lowest BCUT2D eigenvalue weighted by atomic mass is 10.1. The fourth-order valence-electron chi connectivity index (χ4n) is 3.53. The average Bonchev–Trinajstić information content (AvgIpc) is 2.78. The monoisotopic (exact) mass is 329 g/mol. The first-order valence-electron chi connectivity index (χ1n) is 8.83. The summed E-state index contributed by atoms with van der Waals surface area (Å²) in [5, 5.41) is 0. The van der Waals surface area contributed by atoms with Gasteiger partial charge in [-0.05, 0) is 32.5 Å². The molecule has 2 aliphatic heterocycles. The van der Waals surface area contributed by atoms with E-state index in [0.29, 0.717) is 19.5 Å². The van der Waals surface area contributed by atoms with Crippen molar-refractivity contribution in [3.05, 3.63) is 35.4 Å². The molecule has 0 radical (unpaired) electrons. The van der Waals surface area contributed by atoms with Gasteiger partial charge in [-0.15, -0.1) is 0 Å². The van der Waals surface area contributed by atoms with Crippen LogP contribution in [0.25, 0.3) is 0 Å². The van der Waals surface area contributed by atoms with Crippen molar-refractivity contribution < 1.29 is 9.59 Å². The lowest BCUT2D eigenvalue weighted by Gasteiger charge is -2.24. The van der Waals surface area contributed by atoms with Crippen LogP contribution in [0.2, 0.25) is 0 Å². The molecule has 0 saturated carbocycles. The molecule has 0 aliphatic carbocycles. The molecular weight excluding hydrogens is 302 g/mol. The van der Waals surface area contributed by atoms with E-state index in [4.69, 9.17) is 0 Å². The number of likely N-dealkylation sites (tertiary alicyclic amines) is 1. The van der Waals surface area contributed by atoms with Gasteiger partial charge in [0.25, 0.3) is 0 Å². The van der Waals surface area contributed by atoms with Crippen molar-refractivity contribution in [1.82, 2.24) is 14.7 Å². The van der Waals surface area contributed by atoms with Gasteiger partial charge >= 0.3 is 0 Å². The van der Waals surface area contributed by atoms with Crippen LogP contribution in [0.3, 0.4) is 0 Å². The van der Waals surface area contributed by atoms with Crippen molar-refractivity contribution >= 4 is 11.8 Å². The maximum Gasteiger partial charge on any atom is 0.228 e. The third-order valence-electron chi connectivity index (χ3n) is 5.09. The summed E-state index contributed by atoms with van der Waals surface area (Å²) in [5.41, 5.74) is 2.34. The molecule has 1 unspecified atom stereocenters. The summed E-state index contributed by atoms with van der Waals surface area (Å²) in [6, 6.07) is 8.24. The van der Waals surface area contributed by atoms with Crippen LogP contribution in [0.15, 0.2) is 24.3 Å². The topological polar surface area (TPSA) is 43.9 Å². The molecule has 2 saturated heterocycles. The zero-order valence-electron chi connectivity index (χ0n) is 14.7. The van der Waals surface area contributed by atoms with Gasteiger partial charge in [0.1, 0.15) is 0 Å². The fourth-order valence-corrected chi connectivity index (χ4v) is 3.53. The minimum absolute atomic E-state index is 0.0980. The van der Waals surface area contributed by atoms with Crippen LogP contribution < -0.4 is 0 Å². The zero-order chi connectivity index (χ0) is 17.1. The molecule has 5 heteroatoms. The Morgan fingerprint density at radius 1 is 1.12 bits per heavy atom. The van der Waals surface area contributed by atoms with E-state index < -0.39 is 0 Å². The Kier molecular flexibility index (Phi) is 5.19. The summed E-state index contributed by atoms with van der Waals surface area (Å²) in [5.74, 6) is 0.0808. The van der Waals surface area contributed by atoms with Gasteiger partial charge in [0.05, 0.1) is 5.92 Å². The van der Waals surface area contributed by atoms with Gasteiger partial charge in [-0.2, -0.15) is 0 Å². The van der Waals surface area contributed by atoms with E-state index in [9.17, 15) is 9.59 Å². The highest BCUT2D eigenvalue weighted by atomic mass is 16.2. The van der Waals surface area contributed by atoms with Crippen LogP contribution in [0.4, 0.5) is 0 Å². The number of likely N-dealkylation sites (N-methyl/N-ethyl adjacent to an activating group) is 1. The summed E-state index contributed by atoms with van der Waals surface area (Å²) in [7, 11) is 2.09. The van der Waals surface area contributed by atoms with Crippen LogP contribution >= 0.6 is 0 Å². The summed E-state index contributed by atoms with van der Waals surface area (Å²) >= 11 is 0.